The van der Waals surface area contributed by atoms with E-state index < -0.39 is 0 Å². The Hall–Kier alpha value is -3.09. The van der Waals surface area contributed by atoms with Gasteiger partial charge >= 0.3 is 0 Å². The number of hydrogen-bond acceptors (Lipinski definition) is 5. The zero-order chi connectivity index (χ0) is 17.2. The lowest BCUT2D eigenvalue weighted by molar-refractivity contribution is -0.121. The zero-order valence-electron chi connectivity index (χ0n) is 13.8. The molecule has 7 nitrogen and oxygen atoms in total. The van der Waals surface area contributed by atoms with E-state index >= 15 is 0 Å². The predicted molar refractivity (Wildman–Crippen MR) is 91.9 cm³/mol. The fourth-order valence-electron chi connectivity index (χ4n) is 2.97. The Morgan fingerprint density at radius 2 is 2.24 bits per heavy atom. The van der Waals surface area contributed by atoms with E-state index in [1.165, 1.54) is 0 Å². The Kier molecular flexibility index (Phi) is 3.97. The van der Waals surface area contributed by atoms with Crippen LogP contribution in [0.4, 0.5) is 5.95 Å². The number of nitrogens with zero attached hydrogens (tertiary/aromatic N) is 3. The molecule has 0 aliphatic carbocycles. The smallest absolute Gasteiger partial charge is 0.235 e. The molecule has 0 unspecified atom stereocenters. The van der Waals surface area contributed by atoms with Crippen LogP contribution in [0.5, 0.6) is 11.5 Å². The number of carbonyl (C=O) groups is 1. The van der Waals surface area contributed by atoms with Crippen LogP contribution in [0.2, 0.25) is 0 Å². The molecule has 1 atom stereocenters. The molecule has 7 heteroatoms. The number of para-hydroxylation sites is 1. The van der Waals surface area contributed by atoms with Crippen molar-refractivity contribution >= 4 is 17.5 Å². The number of anilines is 1. The third kappa shape index (κ3) is 2.88. The number of pyridine rings is 1. The third-order valence-corrected chi connectivity index (χ3v) is 4.17. The summed E-state index contributed by atoms with van der Waals surface area (Å²) < 4.78 is 13.1. The van der Waals surface area contributed by atoms with Crippen molar-refractivity contribution in [3.8, 4) is 11.5 Å². The van der Waals surface area contributed by atoms with Crippen molar-refractivity contribution < 1.29 is 14.3 Å². The van der Waals surface area contributed by atoms with Gasteiger partial charge in [-0.15, -0.1) is 10.2 Å². The lowest BCUT2D eigenvalue weighted by Crippen LogP contribution is -2.33. The van der Waals surface area contributed by atoms with Crippen molar-refractivity contribution in [1.82, 2.24) is 14.6 Å². The van der Waals surface area contributed by atoms with Crippen LogP contribution in [0.1, 0.15) is 12.5 Å². The molecule has 1 amide bonds. The highest BCUT2D eigenvalue weighted by Gasteiger charge is 2.28. The SMILES string of the molecule is CCOc1cccc2c1OC[C@H](C(=O)Nc1nnc3ccccn13)C2. The van der Waals surface area contributed by atoms with Crippen molar-refractivity contribution in [2.24, 2.45) is 5.92 Å². The largest absolute Gasteiger partial charge is 0.490 e. The third-order valence-electron chi connectivity index (χ3n) is 4.17. The van der Waals surface area contributed by atoms with Crippen LogP contribution in [0.3, 0.4) is 0 Å². The number of benzene rings is 1. The normalized spacial score (nSPS) is 16.1. The quantitative estimate of drug-likeness (QED) is 0.790. The molecule has 2 aromatic heterocycles. The number of hydrogen-bond donors (Lipinski definition) is 1. The standard InChI is InChI=1S/C18H18N4O3/c1-2-24-14-7-5-6-12-10-13(11-25-16(12)14)17(23)19-18-21-20-15-8-3-4-9-22(15)18/h3-9,13H,2,10-11H2,1H3,(H,19,21,23)/t13-/m1/s1. The van der Waals surface area contributed by atoms with Gasteiger partial charge in [0.1, 0.15) is 6.61 Å². The lowest BCUT2D eigenvalue weighted by Gasteiger charge is -2.25. The van der Waals surface area contributed by atoms with Crippen LogP contribution in [0.25, 0.3) is 5.65 Å². The van der Waals surface area contributed by atoms with Crippen molar-refractivity contribution in [2.45, 2.75) is 13.3 Å². The maximum atomic E-state index is 12.6. The number of carbonyl (C=O) groups excluding carboxylic acids is 1. The molecular formula is C18H18N4O3. The molecule has 0 bridgehead atoms. The molecule has 3 heterocycles. The van der Waals surface area contributed by atoms with E-state index in [-0.39, 0.29) is 11.8 Å². The van der Waals surface area contributed by atoms with Crippen molar-refractivity contribution in [3.05, 3.63) is 48.2 Å². The molecule has 4 rings (SSSR count). The Labute approximate surface area is 144 Å². The first-order valence-electron chi connectivity index (χ1n) is 8.24. The van der Waals surface area contributed by atoms with Gasteiger partial charge in [0.05, 0.1) is 12.5 Å². The zero-order valence-corrected chi connectivity index (χ0v) is 13.8. The van der Waals surface area contributed by atoms with Crippen molar-refractivity contribution in [3.63, 3.8) is 0 Å². The van der Waals surface area contributed by atoms with Crippen molar-refractivity contribution in [2.75, 3.05) is 18.5 Å². The Morgan fingerprint density at radius 1 is 1.32 bits per heavy atom. The van der Waals surface area contributed by atoms with Gasteiger partial charge in [0.2, 0.25) is 11.9 Å². The molecule has 0 spiro atoms. The number of nitrogens with one attached hydrogen (secondary N) is 1. The van der Waals surface area contributed by atoms with E-state index in [0.717, 1.165) is 17.1 Å². The first-order valence-corrected chi connectivity index (χ1v) is 8.24. The number of ether oxygens (including phenoxy) is 2. The van der Waals surface area contributed by atoms with Gasteiger partial charge in [-0.3, -0.25) is 14.5 Å². The fourth-order valence-corrected chi connectivity index (χ4v) is 2.97. The summed E-state index contributed by atoms with van der Waals surface area (Å²) in [7, 11) is 0. The molecular weight excluding hydrogens is 320 g/mol. The second kappa shape index (κ2) is 6.43. The molecule has 25 heavy (non-hydrogen) atoms. The molecule has 0 radical (unpaired) electrons. The van der Waals surface area contributed by atoms with E-state index in [4.69, 9.17) is 9.47 Å². The summed E-state index contributed by atoms with van der Waals surface area (Å²) >= 11 is 0. The van der Waals surface area contributed by atoms with E-state index in [1.54, 1.807) is 4.40 Å². The minimum absolute atomic E-state index is 0.134. The lowest BCUT2D eigenvalue weighted by atomic mass is 9.95. The van der Waals surface area contributed by atoms with E-state index in [1.807, 2.05) is 49.5 Å². The summed E-state index contributed by atoms with van der Waals surface area (Å²) in [6.07, 6.45) is 2.41. The number of aromatic nitrogens is 3. The number of rotatable bonds is 4. The van der Waals surface area contributed by atoms with Crippen LogP contribution in [-0.4, -0.2) is 33.7 Å². The summed E-state index contributed by atoms with van der Waals surface area (Å²) in [6, 6.07) is 11.3. The molecule has 0 saturated carbocycles. The minimum atomic E-state index is -0.291. The van der Waals surface area contributed by atoms with Crippen LogP contribution < -0.4 is 14.8 Å². The molecule has 1 aliphatic rings. The number of amides is 1. The van der Waals surface area contributed by atoms with Gasteiger partial charge < -0.3 is 9.47 Å². The van der Waals surface area contributed by atoms with Gasteiger partial charge in [0.15, 0.2) is 17.1 Å². The van der Waals surface area contributed by atoms with Crippen LogP contribution in [0.15, 0.2) is 42.6 Å². The topological polar surface area (TPSA) is 77.8 Å². The van der Waals surface area contributed by atoms with Crippen LogP contribution in [-0.2, 0) is 11.2 Å². The highest BCUT2D eigenvalue weighted by Crippen LogP contribution is 2.36. The molecule has 1 aromatic carbocycles. The molecule has 0 saturated heterocycles. The van der Waals surface area contributed by atoms with Gasteiger partial charge in [-0.2, -0.15) is 0 Å². The summed E-state index contributed by atoms with van der Waals surface area (Å²) in [4.78, 5) is 12.6. The minimum Gasteiger partial charge on any atom is -0.490 e. The van der Waals surface area contributed by atoms with E-state index in [9.17, 15) is 4.79 Å². The summed E-state index contributed by atoms with van der Waals surface area (Å²) in [6.45, 7) is 2.81. The highest BCUT2D eigenvalue weighted by molar-refractivity contribution is 5.91. The monoisotopic (exact) mass is 338 g/mol. The first kappa shape index (κ1) is 15.4. The average Bonchev–Trinajstić information content (AvgIpc) is 3.05. The molecule has 1 aliphatic heterocycles. The van der Waals surface area contributed by atoms with E-state index in [2.05, 4.69) is 15.5 Å². The fraction of sp³-hybridized carbons (Fsp3) is 0.278. The van der Waals surface area contributed by atoms with Crippen molar-refractivity contribution in [1.29, 1.82) is 0 Å². The summed E-state index contributed by atoms with van der Waals surface area (Å²) in [5.74, 6) is 1.45. The summed E-state index contributed by atoms with van der Waals surface area (Å²) in [5, 5.41) is 10.9. The second-order valence-corrected chi connectivity index (χ2v) is 5.83. The van der Waals surface area contributed by atoms with Crippen LogP contribution >= 0.6 is 0 Å². The van der Waals surface area contributed by atoms with Gasteiger partial charge in [-0.05, 0) is 37.1 Å². The van der Waals surface area contributed by atoms with Gasteiger partial charge in [0.25, 0.3) is 0 Å². The molecule has 128 valence electrons. The highest BCUT2D eigenvalue weighted by atomic mass is 16.5. The molecule has 1 N–H and O–H groups in total. The molecule has 0 fully saturated rings. The maximum absolute atomic E-state index is 12.6. The Balaban J connectivity index is 1.52. The van der Waals surface area contributed by atoms with Crippen LogP contribution in [0, 0.1) is 5.92 Å². The van der Waals surface area contributed by atoms with E-state index in [0.29, 0.717) is 31.2 Å². The Bertz CT molecular complexity index is 922. The van der Waals surface area contributed by atoms with Gasteiger partial charge in [-0.25, -0.2) is 0 Å². The second-order valence-electron chi connectivity index (χ2n) is 5.83. The van der Waals surface area contributed by atoms with Gasteiger partial charge in [0, 0.05) is 6.20 Å². The molecule has 3 aromatic rings. The van der Waals surface area contributed by atoms with Gasteiger partial charge in [-0.1, -0.05) is 18.2 Å². The average molecular weight is 338 g/mol. The Morgan fingerprint density at radius 3 is 3.12 bits per heavy atom. The predicted octanol–water partition coefficient (Wildman–Crippen LogP) is 2.32. The maximum Gasteiger partial charge on any atom is 0.235 e. The summed E-state index contributed by atoms with van der Waals surface area (Å²) in [5.41, 5.74) is 1.66. The number of fused-ring (bicyclic) bond motifs is 2. The first-order chi connectivity index (χ1) is 12.3.